The lowest BCUT2D eigenvalue weighted by atomic mass is 10.2. The number of nitrogens with zero attached hydrogens (tertiary/aromatic N) is 2. The van der Waals surface area contributed by atoms with E-state index in [4.69, 9.17) is 22.1 Å². The predicted octanol–water partition coefficient (Wildman–Crippen LogP) is 2.09. The first-order valence-corrected chi connectivity index (χ1v) is 6.14. The van der Waals surface area contributed by atoms with E-state index in [1.54, 1.807) is 7.11 Å². The molecule has 0 bridgehead atoms. The third kappa shape index (κ3) is 3.03. The van der Waals surface area contributed by atoms with Crippen molar-refractivity contribution < 1.29 is 4.74 Å². The number of hydrogen-bond donors (Lipinski definition) is 1. The Morgan fingerprint density at radius 2 is 2.28 bits per heavy atom. The zero-order chi connectivity index (χ0) is 13.0. The second-order valence-corrected chi connectivity index (χ2v) is 4.45. The number of nitrogens with two attached hydrogens (primary N) is 1. The molecule has 2 N–H and O–H groups in total. The van der Waals surface area contributed by atoms with Gasteiger partial charge in [0.2, 0.25) is 0 Å². The van der Waals surface area contributed by atoms with Gasteiger partial charge in [-0.05, 0) is 24.2 Å². The quantitative estimate of drug-likeness (QED) is 0.901. The minimum absolute atomic E-state index is 0.616. The van der Waals surface area contributed by atoms with Crippen LogP contribution in [0.3, 0.4) is 0 Å². The molecule has 18 heavy (non-hydrogen) atoms. The molecular formula is C13H16ClN3O. The standard InChI is InChI=1S/C13H16ClN3O/c1-18-13-3-2-10(6-12(13)14)7-17-8-11(4-5-15)16-9-17/h2-3,6,8-9H,4-5,7,15H2,1H3. The molecule has 0 saturated carbocycles. The van der Waals surface area contributed by atoms with Gasteiger partial charge in [-0.1, -0.05) is 17.7 Å². The molecule has 0 saturated heterocycles. The van der Waals surface area contributed by atoms with Gasteiger partial charge in [0.25, 0.3) is 0 Å². The summed E-state index contributed by atoms with van der Waals surface area (Å²) in [5, 5.41) is 0.622. The second kappa shape index (κ2) is 5.89. The molecule has 0 aliphatic carbocycles. The van der Waals surface area contributed by atoms with E-state index in [1.807, 2.05) is 35.3 Å². The Labute approximate surface area is 111 Å². The van der Waals surface area contributed by atoms with Gasteiger partial charge >= 0.3 is 0 Å². The van der Waals surface area contributed by atoms with Crippen molar-refractivity contribution in [3.05, 3.63) is 47.0 Å². The van der Waals surface area contributed by atoms with Crippen molar-refractivity contribution in [1.82, 2.24) is 9.55 Å². The van der Waals surface area contributed by atoms with Crippen molar-refractivity contribution in [2.45, 2.75) is 13.0 Å². The van der Waals surface area contributed by atoms with Gasteiger partial charge in [-0.15, -0.1) is 0 Å². The fraction of sp³-hybridized carbons (Fsp3) is 0.308. The van der Waals surface area contributed by atoms with Gasteiger partial charge < -0.3 is 15.0 Å². The molecule has 1 aromatic carbocycles. The Morgan fingerprint density at radius 3 is 2.94 bits per heavy atom. The fourth-order valence-corrected chi connectivity index (χ4v) is 2.07. The van der Waals surface area contributed by atoms with Crippen molar-refractivity contribution in [3.8, 4) is 5.75 Å². The summed E-state index contributed by atoms with van der Waals surface area (Å²) in [4.78, 5) is 4.28. The molecule has 0 amide bonds. The first-order chi connectivity index (χ1) is 8.72. The average molecular weight is 266 g/mol. The van der Waals surface area contributed by atoms with Crippen LogP contribution in [0.1, 0.15) is 11.3 Å². The van der Waals surface area contributed by atoms with Crippen LogP contribution in [0.15, 0.2) is 30.7 Å². The lowest BCUT2D eigenvalue weighted by Gasteiger charge is -2.06. The Balaban J connectivity index is 2.10. The molecule has 2 aromatic rings. The number of benzene rings is 1. The zero-order valence-corrected chi connectivity index (χ0v) is 11.0. The van der Waals surface area contributed by atoms with Gasteiger partial charge in [-0.2, -0.15) is 0 Å². The minimum Gasteiger partial charge on any atom is -0.495 e. The number of hydrogen-bond acceptors (Lipinski definition) is 3. The molecule has 0 radical (unpaired) electrons. The van der Waals surface area contributed by atoms with E-state index in [0.29, 0.717) is 17.3 Å². The van der Waals surface area contributed by atoms with Crippen LogP contribution in [0.2, 0.25) is 5.02 Å². The Hall–Kier alpha value is -1.52. The molecule has 1 heterocycles. The monoisotopic (exact) mass is 265 g/mol. The van der Waals surface area contributed by atoms with E-state index in [0.717, 1.165) is 24.2 Å². The van der Waals surface area contributed by atoms with Crippen LogP contribution in [0.4, 0.5) is 0 Å². The van der Waals surface area contributed by atoms with Gasteiger partial charge in [0.1, 0.15) is 5.75 Å². The topological polar surface area (TPSA) is 53.1 Å². The summed E-state index contributed by atoms with van der Waals surface area (Å²) in [7, 11) is 1.61. The van der Waals surface area contributed by atoms with Crippen LogP contribution in [-0.4, -0.2) is 23.2 Å². The maximum atomic E-state index is 6.08. The van der Waals surface area contributed by atoms with E-state index in [9.17, 15) is 0 Å². The summed E-state index contributed by atoms with van der Waals surface area (Å²) in [6.45, 7) is 1.35. The molecule has 0 spiro atoms. The summed E-state index contributed by atoms with van der Waals surface area (Å²) in [5.41, 5.74) is 7.61. The van der Waals surface area contributed by atoms with Crippen LogP contribution < -0.4 is 10.5 Å². The van der Waals surface area contributed by atoms with E-state index in [1.165, 1.54) is 0 Å². The highest BCUT2D eigenvalue weighted by molar-refractivity contribution is 6.32. The van der Waals surface area contributed by atoms with Crippen LogP contribution in [-0.2, 0) is 13.0 Å². The molecule has 0 fully saturated rings. The molecule has 4 nitrogen and oxygen atoms in total. The lowest BCUT2D eigenvalue weighted by molar-refractivity contribution is 0.415. The van der Waals surface area contributed by atoms with E-state index >= 15 is 0 Å². The number of imidazole rings is 1. The molecule has 0 atom stereocenters. The highest BCUT2D eigenvalue weighted by Gasteiger charge is 2.03. The predicted molar refractivity (Wildman–Crippen MR) is 72.1 cm³/mol. The van der Waals surface area contributed by atoms with Gasteiger partial charge in [0, 0.05) is 19.2 Å². The van der Waals surface area contributed by atoms with E-state index in [-0.39, 0.29) is 0 Å². The van der Waals surface area contributed by atoms with Gasteiger partial charge in [-0.25, -0.2) is 4.98 Å². The summed E-state index contributed by atoms with van der Waals surface area (Å²) >= 11 is 6.08. The van der Waals surface area contributed by atoms with Crippen molar-refractivity contribution in [2.24, 2.45) is 5.73 Å². The van der Waals surface area contributed by atoms with Crippen LogP contribution in [0.25, 0.3) is 0 Å². The Kier molecular flexibility index (Phi) is 4.23. The average Bonchev–Trinajstić information content (AvgIpc) is 2.77. The van der Waals surface area contributed by atoms with Gasteiger partial charge in [-0.3, -0.25) is 0 Å². The van der Waals surface area contributed by atoms with Crippen molar-refractivity contribution >= 4 is 11.6 Å². The van der Waals surface area contributed by atoms with Crippen LogP contribution in [0, 0.1) is 0 Å². The van der Waals surface area contributed by atoms with E-state index in [2.05, 4.69) is 4.98 Å². The SMILES string of the molecule is COc1ccc(Cn2cnc(CCN)c2)cc1Cl. The molecule has 96 valence electrons. The smallest absolute Gasteiger partial charge is 0.137 e. The molecule has 5 heteroatoms. The van der Waals surface area contributed by atoms with Crippen molar-refractivity contribution in [3.63, 3.8) is 0 Å². The summed E-state index contributed by atoms with van der Waals surface area (Å²) in [5.74, 6) is 0.690. The fourth-order valence-electron chi connectivity index (χ4n) is 1.79. The highest BCUT2D eigenvalue weighted by atomic mass is 35.5. The van der Waals surface area contributed by atoms with Crippen LogP contribution in [0.5, 0.6) is 5.75 Å². The first-order valence-electron chi connectivity index (χ1n) is 5.76. The minimum atomic E-state index is 0.616. The molecular weight excluding hydrogens is 250 g/mol. The molecule has 1 aromatic heterocycles. The summed E-state index contributed by atoms with van der Waals surface area (Å²) in [6, 6.07) is 5.77. The van der Waals surface area contributed by atoms with Crippen molar-refractivity contribution in [1.29, 1.82) is 0 Å². The number of aromatic nitrogens is 2. The van der Waals surface area contributed by atoms with Crippen molar-refractivity contribution in [2.75, 3.05) is 13.7 Å². The lowest BCUT2D eigenvalue weighted by Crippen LogP contribution is -2.02. The molecule has 2 rings (SSSR count). The number of rotatable bonds is 5. The number of methoxy groups -OCH3 is 1. The normalized spacial score (nSPS) is 10.6. The number of ether oxygens (including phenoxy) is 1. The van der Waals surface area contributed by atoms with Gasteiger partial charge in [0.05, 0.1) is 24.2 Å². The Bertz CT molecular complexity index is 525. The highest BCUT2D eigenvalue weighted by Crippen LogP contribution is 2.25. The maximum Gasteiger partial charge on any atom is 0.137 e. The van der Waals surface area contributed by atoms with Crippen LogP contribution >= 0.6 is 11.6 Å². The maximum absolute atomic E-state index is 6.08. The third-order valence-electron chi connectivity index (χ3n) is 2.67. The summed E-state index contributed by atoms with van der Waals surface area (Å²) in [6.07, 6.45) is 4.62. The summed E-state index contributed by atoms with van der Waals surface area (Å²) < 4.78 is 7.14. The van der Waals surface area contributed by atoms with Gasteiger partial charge in [0.15, 0.2) is 0 Å². The zero-order valence-electron chi connectivity index (χ0n) is 10.3. The first kappa shape index (κ1) is 12.9. The third-order valence-corrected chi connectivity index (χ3v) is 2.96. The second-order valence-electron chi connectivity index (χ2n) is 4.04. The molecule has 0 aliphatic rings. The Morgan fingerprint density at radius 1 is 1.44 bits per heavy atom. The van der Waals surface area contributed by atoms with E-state index < -0.39 is 0 Å². The molecule has 0 aliphatic heterocycles. The molecule has 0 unspecified atom stereocenters. The number of halogens is 1. The largest absolute Gasteiger partial charge is 0.495 e.